The van der Waals surface area contributed by atoms with Crippen LogP contribution in [0, 0.1) is 0 Å². The lowest BCUT2D eigenvalue weighted by molar-refractivity contribution is 0.220. The van der Waals surface area contributed by atoms with Gasteiger partial charge in [-0.1, -0.05) is 146 Å². The van der Waals surface area contributed by atoms with E-state index in [1.54, 1.807) is 0 Å². The lowest BCUT2D eigenvalue weighted by Crippen LogP contribution is -2.01. The van der Waals surface area contributed by atoms with Crippen molar-refractivity contribution in [1.82, 2.24) is 0 Å². The Hall–Kier alpha value is -4.76. The Morgan fingerprint density at radius 1 is 0.325 bits per heavy atom. The normalized spacial score (nSPS) is 12.6. The first-order valence-electron chi connectivity index (χ1n) is 13.5. The van der Waals surface area contributed by atoms with E-state index in [-0.39, 0.29) is 0 Å². The molecule has 0 bridgehead atoms. The smallest absolute Gasteiger partial charge is 0.105 e. The van der Waals surface area contributed by atoms with Crippen molar-refractivity contribution in [1.29, 1.82) is 0 Å². The Morgan fingerprint density at radius 2 is 0.825 bits per heavy atom. The SMILES string of the molecule is OC(c1ccc(-c2cccc(-c3ccccc3C(O)c3ccccc3)c2)cc1)c1cccc(-c2ccccc2)c1. The van der Waals surface area contributed by atoms with Crippen LogP contribution in [0.25, 0.3) is 33.4 Å². The molecule has 0 radical (unpaired) electrons. The van der Waals surface area contributed by atoms with Gasteiger partial charge < -0.3 is 10.2 Å². The van der Waals surface area contributed by atoms with Crippen LogP contribution < -0.4 is 0 Å². The first-order chi connectivity index (χ1) is 19.7. The van der Waals surface area contributed by atoms with Crippen LogP contribution >= 0.6 is 0 Å². The van der Waals surface area contributed by atoms with E-state index in [4.69, 9.17) is 0 Å². The second kappa shape index (κ2) is 11.5. The fourth-order valence-electron chi connectivity index (χ4n) is 5.25. The first kappa shape index (κ1) is 25.5. The van der Waals surface area contributed by atoms with Gasteiger partial charge in [-0.05, 0) is 67.8 Å². The Balaban J connectivity index is 1.26. The Morgan fingerprint density at radius 3 is 1.57 bits per heavy atom. The van der Waals surface area contributed by atoms with E-state index in [0.717, 1.165) is 55.6 Å². The van der Waals surface area contributed by atoms with Gasteiger partial charge in [0, 0.05) is 0 Å². The summed E-state index contributed by atoms with van der Waals surface area (Å²) in [6.45, 7) is 0. The Kier molecular flexibility index (Phi) is 7.37. The molecular formula is C38H30O2. The summed E-state index contributed by atoms with van der Waals surface area (Å²) >= 11 is 0. The standard InChI is InChI=1S/C38H30O2/c39-37(34-18-10-16-32(26-34)27-11-3-1-4-12-27)30-23-21-28(22-24-30)31-15-9-17-33(25-31)35-19-7-8-20-36(35)38(40)29-13-5-2-6-14-29/h1-26,37-40H. The first-order valence-corrected chi connectivity index (χ1v) is 13.5. The van der Waals surface area contributed by atoms with Gasteiger partial charge in [0.1, 0.15) is 12.2 Å². The lowest BCUT2D eigenvalue weighted by Gasteiger charge is -2.17. The summed E-state index contributed by atoms with van der Waals surface area (Å²) in [5.41, 5.74) is 9.87. The van der Waals surface area contributed by atoms with Crippen LogP contribution in [0.4, 0.5) is 0 Å². The highest BCUT2D eigenvalue weighted by molar-refractivity contribution is 5.75. The van der Waals surface area contributed by atoms with E-state index in [1.165, 1.54) is 0 Å². The van der Waals surface area contributed by atoms with Crippen molar-refractivity contribution >= 4 is 0 Å². The van der Waals surface area contributed by atoms with Crippen molar-refractivity contribution in [3.63, 3.8) is 0 Å². The van der Waals surface area contributed by atoms with Crippen LogP contribution in [0.3, 0.4) is 0 Å². The molecule has 0 heterocycles. The third-order valence-electron chi connectivity index (χ3n) is 7.41. The minimum Gasteiger partial charge on any atom is -0.384 e. The average molecular weight is 519 g/mol. The van der Waals surface area contributed by atoms with Gasteiger partial charge in [0.25, 0.3) is 0 Å². The number of aliphatic hydroxyl groups excluding tert-OH is 2. The van der Waals surface area contributed by atoms with Gasteiger partial charge in [0.05, 0.1) is 0 Å². The van der Waals surface area contributed by atoms with E-state index in [0.29, 0.717) is 0 Å². The number of benzene rings is 6. The number of hydrogen-bond acceptors (Lipinski definition) is 2. The molecule has 2 N–H and O–H groups in total. The van der Waals surface area contributed by atoms with Gasteiger partial charge in [-0.3, -0.25) is 0 Å². The van der Waals surface area contributed by atoms with Gasteiger partial charge in [0.2, 0.25) is 0 Å². The molecule has 6 aromatic rings. The molecule has 0 amide bonds. The van der Waals surface area contributed by atoms with E-state index in [2.05, 4.69) is 60.7 Å². The topological polar surface area (TPSA) is 40.5 Å². The molecule has 0 aliphatic heterocycles. The van der Waals surface area contributed by atoms with Crippen LogP contribution in [0.5, 0.6) is 0 Å². The van der Waals surface area contributed by atoms with E-state index >= 15 is 0 Å². The third-order valence-corrected chi connectivity index (χ3v) is 7.41. The van der Waals surface area contributed by atoms with Crippen LogP contribution in [0.2, 0.25) is 0 Å². The van der Waals surface area contributed by atoms with Crippen molar-refractivity contribution < 1.29 is 10.2 Å². The van der Waals surface area contributed by atoms with Crippen LogP contribution in [-0.4, -0.2) is 10.2 Å². The maximum atomic E-state index is 11.2. The molecule has 0 aromatic heterocycles. The maximum absolute atomic E-state index is 11.2. The second-order valence-corrected chi connectivity index (χ2v) is 10.00. The Labute approximate surface area is 235 Å². The monoisotopic (exact) mass is 518 g/mol. The van der Waals surface area contributed by atoms with E-state index in [9.17, 15) is 10.2 Å². The molecule has 0 saturated carbocycles. The fraction of sp³-hybridized carbons (Fsp3) is 0.0526. The molecule has 0 aliphatic rings. The summed E-state index contributed by atoms with van der Waals surface area (Å²) < 4.78 is 0. The number of aliphatic hydroxyl groups is 2. The van der Waals surface area contributed by atoms with Crippen LogP contribution in [-0.2, 0) is 0 Å². The fourth-order valence-corrected chi connectivity index (χ4v) is 5.25. The predicted molar refractivity (Wildman–Crippen MR) is 164 cm³/mol. The summed E-state index contributed by atoms with van der Waals surface area (Å²) in [5.74, 6) is 0. The highest BCUT2D eigenvalue weighted by atomic mass is 16.3. The molecule has 40 heavy (non-hydrogen) atoms. The zero-order valence-electron chi connectivity index (χ0n) is 22.1. The summed E-state index contributed by atoms with van der Waals surface area (Å²) in [6, 6.07) is 52.6. The molecule has 194 valence electrons. The summed E-state index contributed by atoms with van der Waals surface area (Å²) in [7, 11) is 0. The minimum atomic E-state index is -0.713. The molecule has 6 aromatic carbocycles. The van der Waals surface area contributed by atoms with Crippen LogP contribution in [0.1, 0.15) is 34.5 Å². The molecule has 0 spiro atoms. The molecule has 0 fully saturated rings. The average Bonchev–Trinajstić information content (AvgIpc) is 3.05. The van der Waals surface area contributed by atoms with Crippen LogP contribution in [0.15, 0.2) is 158 Å². The van der Waals surface area contributed by atoms with Gasteiger partial charge >= 0.3 is 0 Å². The maximum Gasteiger partial charge on any atom is 0.105 e. The lowest BCUT2D eigenvalue weighted by atomic mass is 9.91. The zero-order chi connectivity index (χ0) is 27.3. The Bertz CT molecular complexity index is 1710. The van der Waals surface area contributed by atoms with Gasteiger partial charge in [0.15, 0.2) is 0 Å². The molecule has 2 atom stereocenters. The zero-order valence-corrected chi connectivity index (χ0v) is 22.1. The van der Waals surface area contributed by atoms with Crippen molar-refractivity contribution in [3.05, 3.63) is 180 Å². The molecule has 0 saturated heterocycles. The van der Waals surface area contributed by atoms with Crippen molar-refractivity contribution in [2.24, 2.45) is 0 Å². The van der Waals surface area contributed by atoms with Crippen molar-refractivity contribution in [3.8, 4) is 33.4 Å². The quantitative estimate of drug-likeness (QED) is 0.222. The molecule has 2 heteroatoms. The largest absolute Gasteiger partial charge is 0.384 e. The second-order valence-electron chi connectivity index (χ2n) is 10.00. The molecule has 2 unspecified atom stereocenters. The van der Waals surface area contributed by atoms with Crippen molar-refractivity contribution in [2.45, 2.75) is 12.2 Å². The molecular weight excluding hydrogens is 488 g/mol. The van der Waals surface area contributed by atoms with E-state index in [1.807, 2.05) is 97.1 Å². The number of rotatable bonds is 7. The van der Waals surface area contributed by atoms with Gasteiger partial charge in [-0.15, -0.1) is 0 Å². The van der Waals surface area contributed by atoms with Crippen molar-refractivity contribution in [2.75, 3.05) is 0 Å². The minimum absolute atomic E-state index is 0.706. The third kappa shape index (κ3) is 5.37. The molecule has 0 aliphatic carbocycles. The predicted octanol–water partition coefficient (Wildman–Crippen LogP) is 8.85. The molecule has 6 rings (SSSR count). The van der Waals surface area contributed by atoms with Gasteiger partial charge in [-0.2, -0.15) is 0 Å². The summed E-state index contributed by atoms with van der Waals surface area (Å²) in [5, 5.41) is 22.3. The summed E-state index contributed by atoms with van der Waals surface area (Å²) in [6.07, 6.45) is -1.42. The van der Waals surface area contributed by atoms with E-state index < -0.39 is 12.2 Å². The molecule has 2 nitrogen and oxygen atoms in total. The highest BCUT2D eigenvalue weighted by Gasteiger charge is 2.16. The summed E-state index contributed by atoms with van der Waals surface area (Å²) in [4.78, 5) is 0. The number of hydrogen-bond donors (Lipinski definition) is 2. The highest BCUT2D eigenvalue weighted by Crippen LogP contribution is 2.34. The van der Waals surface area contributed by atoms with Gasteiger partial charge in [-0.25, -0.2) is 0 Å².